The summed E-state index contributed by atoms with van der Waals surface area (Å²) in [5.41, 5.74) is 7.12. The van der Waals surface area contributed by atoms with Crippen molar-refractivity contribution in [2.24, 2.45) is 16.6 Å². The molecule has 1 aromatic heterocycles. The maximum atomic E-state index is 5.99. The summed E-state index contributed by atoms with van der Waals surface area (Å²) in [6, 6.07) is 0.137. The highest BCUT2D eigenvalue weighted by atomic mass is 32.2. The number of hydrogen-bond acceptors (Lipinski definition) is 5. The Morgan fingerprint density at radius 2 is 2.33 bits per heavy atom. The first-order chi connectivity index (χ1) is 7.28. The van der Waals surface area contributed by atoms with Gasteiger partial charge in [0.2, 0.25) is 11.1 Å². The van der Waals surface area contributed by atoms with E-state index in [1.165, 1.54) is 0 Å². The van der Waals surface area contributed by atoms with Crippen molar-refractivity contribution in [2.45, 2.75) is 30.6 Å². The molecule has 1 aliphatic heterocycles. The predicted molar refractivity (Wildman–Crippen MR) is 59.6 cm³/mol. The van der Waals surface area contributed by atoms with Crippen molar-refractivity contribution in [1.82, 2.24) is 14.8 Å². The molecule has 2 N–H and O–H groups in total. The van der Waals surface area contributed by atoms with Gasteiger partial charge in [-0.05, 0) is 19.1 Å². The molecule has 0 bridgehead atoms. The fourth-order valence-corrected chi connectivity index (χ4v) is 2.62. The van der Waals surface area contributed by atoms with E-state index in [1.807, 2.05) is 10.9 Å². The van der Waals surface area contributed by atoms with E-state index in [2.05, 4.69) is 15.1 Å². The standard InChI is InChI=1S/C9H13N5S/c1-15-9-12-8-11-7-5(2-3-6(7)10)4-14(8)13-9/h5-6H,2-4,10H2,1H3. The van der Waals surface area contributed by atoms with Crippen LogP contribution in [0.3, 0.4) is 0 Å². The number of aliphatic imine (C=N–C) groups is 1. The fraction of sp³-hybridized carbons (Fsp3) is 0.667. The zero-order valence-electron chi connectivity index (χ0n) is 8.55. The van der Waals surface area contributed by atoms with Crippen LogP contribution >= 0.6 is 11.8 Å². The average Bonchev–Trinajstić information content (AvgIpc) is 2.79. The van der Waals surface area contributed by atoms with Gasteiger partial charge in [-0.3, -0.25) is 0 Å². The number of hydrogen-bond donors (Lipinski definition) is 1. The van der Waals surface area contributed by atoms with Crippen LogP contribution in [0.1, 0.15) is 12.8 Å². The molecular formula is C9H13N5S. The number of fused-ring (bicyclic) bond motifs is 2. The molecule has 1 aromatic rings. The third kappa shape index (κ3) is 1.39. The molecule has 0 spiro atoms. The zero-order valence-corrected chi connectivity index (χ0v) is 9.37. The van der Waals surface area contributed by atoms with Crippen LogP contribution in [0.15, 0.2) is 10.1 Å². The Morgan fingerprint density at radius 3 is 3.13 bits per heavy atom. The van der Waals surface area contributed by atoms with Crippen molar-refractivity contribution in [3.63, 3.8) is 0 Å². The SMILES string of the molecule is CSc1nc2n(n1)CC1CCC(N)C1=N2. The average molecular weight is 223 g/mol. The molecule has 1 aliphatic carbocycles. The van der Waals surface area contributed by atoms with Crippen LogP contribution in [0.25, 0.3) is 0 Å². The number of thioether (sulfide) groups is 1. The number of aromatic nitrogens is 3. The van der Waals surface area contributed by atoms with E-state index in [9.17, 15) is 0 Å². The minimum atomic E-state index is 0.137. The summed E-state index contributed by atoms with van der Waals surface area (Å²) in [4.78, 5) is 8.86. The van der Waals surface area contributed by atoms with Crippen molar-refractivity contribution < 1.29 is 0 Å². The lowest BCUT2D eigenvalue weighted by Crippen LogP contribution is -2.31. The molecule has 0 aromatic carbocycles. The van der Waals surface area contributed by atoms with Gasteiger partial charge in [-0.25, -0.2) is 9.67 Å². The van der Waals surface area contributed by atoms with Gasteiger partial charge in [-0.15, -0.1) is 5.10 Å². The molecule has 2 heterocycles. The highest BCUT2D eigenvalue weighted by molar-refractivity contribution is 7.98. The van der Waals surface area contributed by atoms with Crippen LogP contribution < -0.4 is 5.73 Å². The summed E-state index contributed by atoms with van der Waals surface area (Å²) in [5.74, 6) is 1.21. The van der Waals surface area contributed by atoms with Gasteiger partial charge >= 0.3 is 0 Å². The molecule has 0 amide bonds. The number of rotatable bonds is 1. The Bertz CT molecular complexity index is 424. The van der Waals surface area contributed by atoms with E-state index in [0.717, 1.165) is 36.2 Å². The summed E-state index contributed by atoms with van der Waals surface area (Å²) in [6.45, 7) is 0.898. The first kappa shape index (κ1) is 9.35. The third-order valence-corrected chi connectivity index (χ3v) is 3.60. The highest BCUT2D eigenvalue weighted by Crippen LogP contribution is 2.31. The molecule has 1 saturated carbocycles. The molecule has 3 rings (SSSR count). The van der Waals surface area contributed by atoms with Gasteiger partial charge in [0.15, 0.2) is 0 Å². The topological polar surface area (TPSA) is 69.1 Å². The second-order valence-electron chi connectivity index (χ2n) is 4.00. The molecular weight excluding hydrogens is 210 g/mol. The van der Waals surface area contributed by atoms with Crippen LogP contribution in [0, 0.1) is 5.92 Å². The van der Waals surface area contributed by atoms with Gasteiger partial charge in [-0.2, -0.15) is 4.98 Å². The molecule has 5 nitrogen and oxygen atoms in total. The Morgan fingerprint density at radius 1 is 1.47 bits per heavy atom. The molecule has 6 heteroatoms. The van der Waals surface area contributed by atoms with Crippen molar-refractivity contribution in [2.75, 3.05) is 6.26 Å². The van der Waals surface area contributed by atoms with Crippen molar-refractivity contribution >= 4 is 23.4 Å². The molecule has 15 heavy (non-hydrogen) atoms. The van der Waals surface area contributed by atoms with E-state index in [-0.39, 0.29) is 6.04 Å². The van der Waals surface area contributed by atoms with Gasteiger partial charge in [-0.1, -0.05) is 11.8 Å². The minimum Gasteiger partial charge on any atom is -0.323 e. The molecule has 0 saturated heterocycles. The van der Waals surface area contributed by atoms with Crippen LogP contribution in [0.5, 0.6) is 0 Å². The molecule has 2 aliphatic rings. The van der Waals surface area contributed by atoms with Crippen molar-refractivity contribution in [3.8, 4) is 0 Å². The second-order valence-corrected chi connectivity index (χ2v) is 4.77. The van der Waals surface area contributed by atoms with Crippen molar-refractivity contribution in [1.29, 1.82) is 0 Å². The van der Waals surface area contributed by atoms with Gasteiger partial charge in [0.1, 0.15) is 0 Å². The number of nitrogens with two attached hydrogens (primary N) is 1. The smallest absolute Gasteiger partial charge is 0.248 e. The Kier molecular flexibility index (Phi) is 2.07. The zero-order chi connectivity index (χ0) is 10.4. The monoisotopic (exact) mass is 223 g/mol. The normalized spacial score (nSPS) is 28.5. The Balaban J connectivity index is 2.02. The Labute approximate surface area is 92.2 Å². The summed E-state index contributed by atoms with van der Waals surface area (Å²) >= 11 is 1.55. The minimum absolute atomic E-state index is 0.137. The molecule has 80 valence electrons. The van der Waals surface area contributed by atoms with Crippen LogP contribution in [0.4, 0.5) is 5.95 Å². The second kappa shape index (κ2) is 3.31. The molecule has 2 unspecified atom stereocenters. The summed E-state index contributed by atoms with van der Waals surface area (Å²) in [5, 5.41) is 5.17. The lowest BCUT2D eigenvalue weighted by molar-refractivity contribution is 0.491. The van der Waals surface area contributed by atoms with E-state index in [4.69, 9.17) is 5.73 Å². The first-order valence-corrected chi connectivity index (χ1v) is 6.33. The highest BCUT2D eigenvalue weighted by Gasteiger charge is 2.34. The largest absolute Gasteiger partial charge is 0.323 e. The molecule has 0 radical (unpaired) electrons. The lowest BCUT2D eigenvalue weighted by atomic mass is 10.1. The van der Waals surface area contributed by atoms with Gasteiger partial charge < -0.3 is 5.73 Å². The van der Waals surface area contributed by atoms with Gasteiger partial charge in [0.25, 0.3) is 0 Å². The fourth-order valence-electron chi connectivity index (χ4n) is 2.27. The maximum absolute atomic E-state index is 5.99. The van der Waals surface area contributed by atoms with Crippen LogP contribution in [0.2, 0.25) is 0 Å². The van der Waals surface area contributed by atoms with E-state index in [0.29, 0.717) is 5.92 Å². The van der Waals surface area contributed by atoms with Crippen LogP contribution in [-0.4, -0.2) is 32.8 Å². The molecule has 1 fully saturated rings. The van der Waals surface area contributed by atoms with E-state index in [1.54, 1.807) is 11.8 Å². The van der Waals surface area contributed by atoms with Gasteiger partial charge in [0, 0.05) is 17.7 Å². The van der Waals surface area contributed by atoms with E-state index >= 15 is 0 Å². The quantitative estimate of drug-likeness (QED) is 0.716. The summed E-state index contributed by atoms with van der Waals surface area (Å²) < 4.78 is 1.90. The maximum Gasteiger partial charge on any atom is 0.248 e. The van der Waals surface area contributed by atoms with Crippen LogP contribution in [-0.2, 0) is 6.54 Å². The molecule has 2 atom stereocenters. The summed E-state index contributed by atoms with van der Waals surface area (Å²) in [6.07, 6.45) is 4.15. The predicted octanol–water partition coefficient (Wildman–Crippen LogP) is 0.823. The van der Waals surface area contributed by atoms with Gasteiger partial charge in [0.05, 0.1) is 6.54 Å². The Hall–Kier alpha value is -0.880. The third-order valence-electron chi connectivity index (χ3n) is 3.06. The lowest BCUT2D eigenvalue weighted by Gasteiger charge is -2.17. The summed E-state index contributed by atoms with van der Waals surface area (Å²) in [7, 11) is 0. The number of nitrogens with zero attached hydrogens (tertiary/aromatic N) is 4. The van der Waals surface area contributed by atoms with Crippen molar-refractivity contribution in [3.05, 3.63) is 0 Å². The van der Waals surface area contributed by atoms with E-state index < -0.39 is 0 Å². The first-order valence-electron chi connectivity index (χ1n) is 5.11.